The summed E-state index contributed by atoms with van der Waals surface area (Å²) in [4.78, 5) is 0. The molecule has 0 unspecified atom stereocenters. The lowest BCUT2D eigenvalue weighted by Crippen LogP contribution is -2.46. The molecule has 3 nitrogen and oxygen atoms in total. The van der Waals surface area contributed by atoms with Crippen molar-refractivity contribution in [1.29, 1.82) is 0 Å². The van der Waals surface area contributed by atoms with E-state index < -0.39 is 14.4 Å². The predicted molar refractivity (Wildman–Crippen MR) is 67.2 cm³/mol. The van der Waals surface area contributed by atoms with Gasteiger partial charge in [0.15, 0.2) is 0 Å². The van der Waals surface area contributed by atoms with Gasteiger partial charge in [0.05, 0.1) is 12.7 Å². The first kappa shape index (κ1) is 13.4. The Morgan fingerprint density at radius 1 is 1.25 bits per heavy atom. The molecular formula is C12H20O3Si. The lowest BCUT2D eigenvalue weighted by atomic mass is 10.3. The van der Waals surface area contributed by atoms with Crippen LogP contribution in [-0.4, -0.2) is 37.8 Å². The molecule has 1 aromatic rings. The highest BCUT2D eigenvalue weighted by Crippen LogP contribution is 2.06. The van der Waals surface area contributed by atoms with Crippen molar-refractivity contribution in [1.82, 2.24) is 0 Å². The molecule has 0 spiro atoms. The van der Waals surface area contributed by atoms with Crippen LogP contribution >= 0.6 is 0 Å². The molecule has 0 aliphatic rings. The minimum absolute atomic E-state index is 0.00214. The molecule has 0 bridgehead atoms. The first-order chi connectivity index (χ1) is 7.56. The zero-order valence-electron chi connectivity index (χ0n) is 9.89. The third-order valence-electron chi connectivity index (χ3n) is 2.57. The van der Waals surface area contributed by atoms with Crippen LogP contribution < -0.4 is 5.19 Å². The summed E-state index contributed by atoms with van der Waals surface area (Å²) in [6, 6.07) is 10.1. The molecule has 0 radical (unpaired) electrons. The van der Waals surface area contributed by atoms with Crippen molar-refractivity contribution >= 4 is 13.5 Å². The predicted octanol–water partition coefficient (Wildman–Crippen LogP) is 0.859. The average Bonchev–Trinajstić information content (AvgIpc) is 2.28. The zero-order valence-corrected chi connectivity index (χ0v) is 10.9. The Kier molecular flexibility index (Phi) is 5.14. The fourth-order valence-corrected chi connectivity index (χ4v) is 3.23. The van der Waals surface area contributed by atoms with E-state index in [1.54, 1.807) is 0 Å². The maximum atomic E-state index is 9.50. The Balaban J connectivity index is 2.52. The van der Waals surface area contributed by atoms with Crippen LogP contribution in [0.4, 0.5) is 0 Å². The summed E-state index contributed by atoms with van der Waals surface area (Å²) in [5.41, 5.74) is 0. The molecule has 0 fully saturated rings. The quantitative estimate of drug-likeness (QED) is 0.725. The van der Waals surface area contributed by atoms with Crippen molar-refractivity contribution in [2.24, 2.45) is 0 Å². The molecule has 0 aliphatic heterocycles. The van der Waals surface area contributed by atoms with E-state index >= 15 is 0 Å². The largest absolute Gasteiger partial charge is 0.410 e. The van der Waals surface area contributed by atoms with E-state index in [-0.39, 0.29) is 6.61 Å². The highest BCUT2D eigenvalue weighted by Gasteiger charge is 2.25. The second-order valence-corrected chi connectivity index (χ2v) is 8.24. The van der Waals surface area contributed by atoms with Gasteiger partial charge in [-0.05, 0) is 24.7 Å². The van der Waals surface area contributed by atoms with Crippen molar-refractivity contribution in [3.8, 4) is 0 Å². The molecule has 0 heterocycles. The first-order valence-corrected chi connectivity index (χ1v) is 8.45. The van der Waals surface area contributed by atoms with E-state index in [1.165, 1.54) is 5.19 Å². The number of hydrogen-bond acceptors (Lipinski definition) is 3. The van der Waals surface area contributed by atoms with Gasteiger partial charge in [0.25, 0.3) is 0 Å². The second-order valence-electron chi connectivity index (χ2n) is 4.35. The highest BCUT2D eigenvalue weighted by atomic mass is 28.4. The molecular weight excluding hydrogens is 220 g/mol. The average molecular weight is 240 g/mol. The van der Waals surface area contributed by atoms with Gasteiger partial charge in [-0.1, -0.05) is 30.3 Å². The molecule has 90 valence electrons. The van der Waals surface area contributed by atoms with E-state index in [9.17, 15) is 5.11 Å². The molecule has 2 N–H and O–H groups in total. The zero-order chi connectivity index (χ0) is 12.0. The molecule has 1 aromatic carbocycles. The van der Waals surface area contributed by atoms with Gasteiger partial charge >= 0.3 is 0 Å². The molecule has 0 saturated heterocycles. The fourth-order valence-electron chi connectivity index (χ4n) is 1.46. The lowest BCUT2D eigenvalue weighted by Gasteiger charge is -2.24. The van der Waals surface area contributed by atoms with Crippen LogP contribution in [0.15, 0.2) is 30.3 Å². The molecule has 0 aliphatic carbocycles. The van der Waals surface area contributed by atoms with Crippen molar-refractivity contribution in [2.45, 2.75) is 25.6 Å². The molecule has 0 saturated carbocycles. The van der Waals surface area contributed by atoms with E-state index in [0.717, 1.165) is 0 Å². The molecule has 0 aromatic heterocycles. The summed E-state index contributed by atoms with van der Waals surface area (Å²) >= 11 is 0. The third-order valence-corrected chi connectivity index (χ3v) is 5.18. The SMILES string of the molecule is C[Si](C)(OC[C@@H](O)CCO)c1ccccc1. The fraction of sp³-hybridized carbons (Fsp3) is 0.500. The standard InChI is InChI=1S/C12H20O3Si/c1-16(2,12-6-4-3-5-7-12)15-10-11(14)8-9-13/h3-7,11,13-14H,8-10H2,1-2H3/t11-/m0/s1. The van der Waals surface area contributed by atoms with Gasteiger partial charge in [-0.25, -0.2) is 0 Å². The van der Waals surface area contributed by atoms with Crippen molar-refractivity contribution in [3.63, 3.8) is 0 Å². The van der Waals surface area contributed by atoms with Gasteiger partial charge in [0, 0.05) is 6.61 Å². The monoisotopic (exact) mass is 240 g/mol. The summed E-state index contributed by atoms with van der Waals surface area (Å²) in [6.45, 7) is 4.51. The molecule has 4 heteroatoms. The Bertz CT molecular complexity index is 300. The van der Waals surface area contributed by atoms with Gasteiger partial charge in [0.1, 0.15) is 0 Å². The van der Waals surface area contributed by atoms with Gasteiger partial charge in [-0.15, -0.1) is 0 Å². The van der Waals surface area contributed by atoms with Crippen molar-refractivity contribution in [2.75, 3.05) is 13.2 Å². The van der Waals surface area contributed by atoms with Gasteiger partial charge in [-0.2, -0.15) is 0 Å². The van der Waals surface area contributed by atoms with Crippen LogP contribution in [-0.2, 0) is 4.43 Å². The summed E-state index contributed by atoms with van der Waals surface area (Å²) in [5, 5.41) is 19.4. The molecule has 1 rings (SSSR count). The Morgan fingerprint density at radius 3 is 2.44 bits per heavy atom. The number of hydrogen-bond donors (Lipinski definition) is 2. The topological polar surface area (TPSA) is 49.7 Å². The minimum atomic E-state index is -1.91. The van der Waals surface area contributed by atoms with Crippen LogP contribution in [0.5, 0.6) is 0 Å². The summed E-state index contributed by atoms with van der Waals surface area (Å²) in [6.07, 6.45) is -0.195. The van der Waals surface area contributed by atoms with Gasteiger partial charge in [-0.3, -0.25) is 0 Å². The Hall–Kier alpha value is -0.683. The first-order valence-electron chi connectivity index (χ1n) is 5.54. The highest BCUT2D eigenvalue weighted by molar-refractivity contribution is 6.84. The maximum Gasteiger partial charge on any atom is 0.218 e. The van der Waals surface area contributed by atoms with Crippen LogP contribution in [0.1, 0.15) is 6.42 Å². The normalized spacial score (nSPS) is 13.8. The van der Waals surface area contributed by atoms with E-state index in [2.05, 4.69) is 25.2 Å². The van der Waals surface area contributed by atoms with Crippen molar-refractivity contribution < 1.29 is 14.6 Å². The van der Waals surface area contributed by atoms with Gasteiger partial charge < -0.3 is 14.6 Å². The summed E-state index contributed by atoms with van der Waals surface area (Å²) in [5.74, 6) is 0. The number of rotatable bonds is 6. The van der Waals surface area contributed by atoms with Crippen LogP contribution in [0, 0.1) is 0 Å². The summed E-state index contributed by atoms with van der Waals surface area (Å²) < 4.78 is 5.81. The van der Waals surface area contributed by atoms with E-state index in [1.807, 2.05) is 18.2 Å². The minimum Gasteiger partial charge on any atom is -0.410 e. The Labute approximate surface area is 97.8 Å². The van der Waals surface area contributed by atoms with E-state index in [0.29, 0.717) is 13.0 Å². The third kappa shape index (κ3) is 4.06. The van der Waals surface area contributed by atoms with Crippen LogP contribution in [0.3, 0.4) is 0 Å². The van der Waals surface area contributed by atoms with Gasteiger partial charge in [0.2, 0.25) is 8.32 Å². The maximum absolute atomic E-state index is 9.50. The molecule has 16 heavy (non-hydrogen) atoms. The van der Waals surface area contributed by atoms with Crippen LogP contribution in [0.2, 0.25) is 13.1 Å². The number of aliphatic hydroxyl groups is 2. The smallest absolute Gasteiger partial charge is 0.218 e. The Morgan fingerprint density at radius 2 is 1.88 bits per heavy atom. The summed E-state index contributed by atoms with van der Waals surface area (Å²) in [7, 11) is -1.91. The van der Waals surface area contributed by atoms with Crippen molar-refractivity contribution in [3.05, 3.63) is 30.3 Å². The number of benzene rings is 1. The molecule has 1 atom stereocenters. The second kappa shape index (κ2) is 6.15. The molecule has 0 amide bonds. The lowest BCUT2D eigenvalue weighted by molar-refractivity contribution is 0.0800. The van der Waals surface area contributed by atoms with Crippen LogP contribution in [0.25, 0.3) is 0 Å². The number of aliphatic hydroxyl groups excluding tert-OH is 2. The van der Waals surface area contributed by atoms with E-state index in [4.69, 9.17) is 9.53 Å².